The lowest BCUT2D eigenvalue weighted by atomic mass is 9.74. The van der Waals surface area contributed by atoms with E-state index in [9.17, 15) is 9.59 Å². The second kappa shape index (κ2) is 5.53. The summed E-state index contributed by atoms with van der Waals surface area (Å²) < 4.78 is 0. The molecule has 3 N–H and O–H groups in total. The molecule has 2 amide bonds. The summed E-state index contributed by atoms with van der Waals surface area (Å²) in [7, 11) is 0. The number of benzene rings is 1. The van der Waals surface area contributed by atoms with Crippen LogP contribution in [0.25, 0.3) is 0 Å². The molecular weight excluding hydrogens is 256 g/mol. The van der Waals surface area contributed by atoms with Crippen LogP contribution in [0, 0.1) is 13.8 Å². The predicted molar refractivity (Wildman–Crippen MR) is 76.9 cm³/mol. The summed E-state index contributed by atoms with van der Waals surface area (Å²) in [6.07, 6.45) is 2.38. The first-order chi connectivity index (χ1) is 9.40. The Balaban J connectivity index is 1.99. The number of carboxylic acids is 1. The predicted octanol–water partition coefficient (Wildman–Crippen LogP) is 2.82. The minimum absolute atomic E-state index is 0.0205. The molecule has 0 atom stereocenters. The Hall–Kier alpha value is -2.04. The van der Waals surface area contributed by atoms with E-state index in [0.29, 0.717) is 0 Å². The number of aryl methyl sites for hydroxylation is 2. The highest BCUT2D eigenvalue weighted by atomic mass is 16.4. The number of hydrogen-bond donors (Lipinski definition) is 3. The number of anilines is 1. The first-order valence-electron chi connectivity index (χ1n) is 6.78. The lowest BCUT2D eigenvalue weighted by Crippen LogP contribution is -2.55. The maximum Gasteiger partial charge on any atom is 0.319 e. The summed E-state index contributed by atoms with van der Waals surface area (Å²) in [5, 5.41) is 14.5. The summed E-state index contributed by atoms with van der Waals surface area (Å²) in [5.74, 6) is -0.878. The number of aliphatic carboxylic acids is 1. The number of rotatable bonds is 4. The highest BCUT2D eigenvalue weighted by Gasteiger charge is 2.40. The van der Waals surface area contributed by atoms with E-state index in [4.69, 9.17) is 5.11 Å². The van der Waals surface area contributed by atoms with Crippen molar-refractivity contribution in [3.8, 4) is 0 Å². The van der Waals surface area contributed by atoms with Crippen LogP contribution in [-0.4, -0.2) is 22.6 Å². The Kier molecular flexibility index (Phi) is 3.97. The Bertz CT molecular complexity index is 536. The van der Waals surface area contributed by atoms with Crippen LogP contribution in [0.15, 0.2) is 18.2 Å². The lowest BCUT2D eigenvalue weighted by molar-refractivity contribution is -0.139. The number of carbonyl (C=O) groups is 2. The van der Waals surface area contributed by atoms with E-state index in [-0.39, 0.29) is 12.5 Å². The second-order valence-corrected chi connectivity index (χ2v) is 5.60. The van der Waals surface area contributed by atoms with Crippen molar-refractivity contribution in [1.29, 1.82) is 0 Å². The molecule has 1 aromatic carbocycles. The van der Waals surface area contributed by atoms with E-state index in [2.05, 4.69) is 10.6 Å². The lowest BCUT2D eigenvalue weighted by Gasteiger charge is -2.41. The van der Waals surface area contributed by atoms with Gasteiger partial charge < -0.3 is 15.7 Å². The van der Waals surface area contributed by atoms with Crippen molar-refractivity contribution >= 4 is 17.7 Å². The zero-order chi connectivity index (χ0) is 14.8. The quantitative estimate of drug-likeness (QED) is 0.791. The second-order valence-electron chi connectivity index (χ2n) is 5.60. The van der Waals surface area contributed by atoms with Crippen molar-refractivity contribution in [2.75, 3.05) is 5.32 Å². The molecule has 20 heavy (non-hydrogen) atoms. The van der Waals surface area contributed by atoms with Gasteiger partial charge in [-0.05, 0) is 44.7 Å². The number of amides is 2. The monoisotopic (exact) mass is 276 g/mol. The normalized spacial score (nSPS) is 16.1. The number of carbonyl (C=O) groups excluding carboxylic acids is 1. The van der Waals surface area contributed by atoms with Crippen LogP contribution in [0.2, 0.25) is 0 Å². The third-order valence-corrected chi connectivity index (χ3v) is 3.81. The van der Waals surface area contributed by atoms with Crippen molar-refractivity contribution in [2.24, 2.45) is 0 Å². The maximum atomic E-state index is 12.0. The fraction of sp³-hybridized carbons (Fsp3) is 0.467. The molecule has 0 bridgehead atoms. The highest BCUT2D eigenvalue weighted by molar-refractivity contribution is 5.91. The van der Waals surface area contributed by atoms with Gasteiger partial charge in [0, 0.05) is 5.69 Å². The van der Waals surface area contributed by atoms with Crippen LogP contribution in [0.5, 0.6) is 0 Å². The molecule has 0 unspecified atom stereocenters. The van der Waals surface area contributed by atoms with Gasteiger partial charge in [0.15, 0.2) is 0 Å². The molecule has 1 aliphatic carbocycles. The zero-order valence-electron chi connectivity index (χ0n) is 11.8. The summed E-state index contributed by atoms with van der Waals surface area (Å²) in [5.41, 5.74) is 2.29. The first kappa shape index (κ1) is 14.4. The fourth-order valence-electron chi connectivity index (χ4n) is 2.59. The molecule has 108 valence electrons. The van der Waals surface area contributed by atoms with Crippen molar-refractivity contribution in [3.05, 3.63) is 29.3 Å². The van der Waals surface area contributed by atoms with Gasteiger partial charge in [0.1, 0.15) is 0 Å². The summed E-state index contributed by atoms with van der Waals surface area (Å²) >= 11 is 0. The number of hydrogen-bond acceptors (Lipinski definition) is 2. The Morgan fingerprint density at radius 3 is 2.50 bits per heavy atom. The molecule has 0 spiro atoms. The smallest absolute Gasteiger partial charge is 0.319 e. The largest absolute Gasteiger partial charge is 0.481 e. The molecule has 0 aromatic heterocycles. The fourth-order valence-corrected chi connectivity index (χ4v) is 2.59. The Labute approximate surface area is 118 Å². The van der Waals surface area contributed by atoms with E-state index in [1.165, 1.54) is 0 Å². The van der Waals surface area contributed by atoms with Gasteiger partial charge >= 0.3 is 12.0 Å². The maximum absolute atomic E-state index is 12.0. The number of nitrogens with one attached hydrogen (secondary N) is 2. The van der Waals surface area contributed by atoms with Gasteiger partial charge in [0.25, 0.3) is 0 Å². The average Bonchev–Trinajstić information content (AvgIpc) is 2.29. The highest BCUT2D eigenvalue weighted by Crippen LogP contribution is 2.35. The number of carboxylic acid groups (broad SMARTS) is 1. The molecule has 5 heteroatoms. The molecule has 2 rings (SSSR count). The van der Waals surface area contributed by atoms with Gasteiger partial charge in [-0.3, -0.25) is 4.79 Å². The van der Waals surface area contributed by atoms with Crippen LogP contribution < -0.4 is 10.6 Å². The summed E-state index contributed by atoms with van der Waals surface area (Å²) in [4.78, 5) is 22.9. The minimum Gasteiger partial charge on any atom is -0.481 e. The third kappa shape index (κ3) is 3.29. The van der Waals surface area contributed by atoms with E-state index in [1.54, 1.807) is 0 Å². The van der Waals surface area contributed by atoms with Gasteiger partial charge in [0.2, 0.25) is 0 Å². The van der Waals surface area contributed by atoms with Gasteiger partial charge in [-0.2, -0.15) is 0 Å². The third-order valence-electron chi connectivity index (χ3n) is 3.81. The van der Waals surface area contributed by atoms with E-state index in [1.807, 2.05) is 32.0 Å². The van der Waals surface area contributed by atoms with Crippen molar-refractivity contribution in [3.63, 3.8) is 0 Å². The Morgan fingerprint density at radius 1 is 1.30 bits per heavy atom. The molecule has 0 aliphatic heterocycles. The van der Waals surface area contributed by atoms with Gasteiger partial charge in [-0.15, -0.1) is 0 Å². The zero-order valence-corrected chi connectivity index (χ0v) is 11.8. The van der Waals surface area contributed by atoms with Crippen molar-refractivity contribution in [1.82, 2.24) is 5.32 Å². The molecule has 1 aliphatic rings. The van der Waals surface area contributed by atoms with Gasteiger partial charge in [-0.25, -0.2) is 4.79 Å². The summed E-state index contributed by atoms with van der Waals surface area (Å²) in [6.45, 7) is 3.92. The molecule has 0 saturated heterocycles. The number of urea groups is 1. The average molecular weight is 276 g/mol. The molecule has 1 fully saturated rings. The van der Waals surface area contributed by atoms with Gasteiger partial charge in [-0.1, -0.05) is 17.7 Å². The minimum atomic E-state index is -0.878. The van der Waals surface area contributed by atoms with Crippen LogP contribution in [-0.2, 0) is 4.79 Å². The van der Waals surface area contributed by atoms with Crippen molar-refractivity contribution < 1.29 is 14.7 Å². The SMILES string of the molecule is Cc1ccc(NC(=O)NC2(CC(=O)O)CCC2)c(C)c1. The standard InChI is InChI=1S/C15H20N2O3/c1-10-4-5-12(11(2)8-10)16-14(20)17-15(6-3-7-15)9-13(18)19/h4-5,8H,3,6-7,9H2,1-2H3,(H,18,19)(H2,16,17,20). The topological polar surface area (TPSA) is 78.4 Å². The molecule has 1 saturated carbocycles. The van der Waals surface area contributed by atoms with Crippen LogP contribution in [0.1, 0.15) is 36.8 Å². The molecule has 5 nitrogen and oxygen atoms in total. The summed E-state index contributed by atoms with van der Waals surface area (Å²) in [6, 6.07) is 5.44. The molecule has 0 heterocycles. The van der Waals surface area contributed by atoms with E-state index < -0.39 is 11.5 Å². The van der Waals surface area contributed by atoms with E-state index >= 15 is 0 Å². The van der Waals surface area contributed by atoms with E-state index in [0.717, 1.165) is 36.1 Å². The van der Waals surface area contributed by atoms with Crippen LogP contribution in [0.3, 0.4) is 0 Å². The molecule has 1 aromatic rings. The Morgan fingerprint density at radius 2 is 2.00 bits per heavy atom. The van der Waals surface area contributed by atoms with Crippen LogP contribution in [0.4, 0.5) is 10.5 Å². The van der Waals surface area contributed by atoms with Crippen molar-refractivity contribution in [2.45, 2.75) is 45.1 Å². The first-order valence-corrected chi connectivity index (χ1v) is 6.78. The van der Waals surface area contributed by atoms with Gasteiger partial charge in [0.05, 0.1) is 12.0 Å². The molecular formula is C15H20N2O3. The molecule has 0 radical (unpaired) electrons. The van der Waals surface area contributed by atoms with Crippen LogP contribution >= 0.6 is 0 Å².